The van der Waals surface area contributed by atoms with Gasteiger partial charge in [0.2, 0.25) is 0 Å². The summed E-state index contributed by atoms with van der Waals surface area (Å²) >= 11 is 0. The van der Waals surface area contributed by atoms with Crippen LogP contribution in [0.4, 0.5) is 0 Å². The average Bonchev–Trinajstić information content (AvgIpc) is 2.67. The first kappa shape index (κ1) is 20.9. The number of nitrogens with two attached hydrogens (primary N) is 1. The lowest BCUT2D eigenvalue weighted by atomic mass is 10.1. The fraction of sp³-hybridized carbons (Fsp3) is 0.227. The van der Waals surface area contributed by atoms with Crippen LogP contribution >= 0.6 is 0 Å². The normalized spacial score (nSPS) is 11.8. The van der Waals surface area contributed by atoms with Gasteiger partial charge in [-0.2, -0.15) is 0 Å². The number of amidine groups is 1. The van der Waals surface area contributed by atoms with E-state index in [1.165, 1.54) is 6.08 Å². The van der Waals surface area contributed by atoms with Gasteiger partial charge in [0, 0.05) is 23.2 Å². The van der Waals surface area contributed by atoms with E-state index >= 15 is 0 Å². The minimum absolute atomic E-state index is 0.0466. The second-order valence-electron chi connectivity index (χ2n) is 6.48. The van der Waals surface area contributed by atoms with E-state index in [-0.39, 0.29) is 17.8 Å². The third-order valence-corrected chi connectivity index (χ3v) is 4.07. The lowest BCUT2D eigenvalue weighted by Gasteiger charge is -2.12. The van der Waals surface area contributed by atoms with Gasteiger partial charge >= 0.3 is 5.97 Å². The summed E-state index contributed by atoms with van der Waals surface area (Å²) in [6.07, 6.45) is 4.89. The summed E-state index contributed by atoms with van der Waals surface area (Å²) < 4.78 is 5.20. The number of carbonyl (C=O) groups excluding carboxylic acids is 2. The molecule has 0 saturated heterocycles. The molecule has 1 amide bonds. The molecule has 2 rings (SSSR count). The van der Waals surface area contributed by atoms with Crippen LogP contribution in [0.5, 0.6) is 5.75 Å². The Labute approximate surface area is 164 Å². The van der Waals surface area contributed by atoms with Gasteiger partial charge in [0.15, 0.2) is 0 Å². The molecule has 0 aliphatic heterocycles. The monoisotopic (exact) mass is 379 g/mol. The van der Waals surface area contributed by atoms with Crippen molar-refractivity contribution < 1.29 is 14.3 Å². The molecule has 0 aromatic heterocycles. The van der Waals surface area contributed by atoms with E-state index in [9.17, 15) is 9.59 Å². The lowest BCUT2D eigenvalue weighted by molar-refractivity contribution is -0.128. The van der Waals surface area contributed by atoms with Gasteiger partial charge in [0.05, 0.1) is 0 Å². The van der Waals surface area contributed by atoms with Crippen molar-refractivity contribution >= 4 is 23.8 Å². The SMILES string of the molecule is CCCC(C)NC(=O)c1ccc(/C=C/C(=O)Oc2ccc(C(=N)N)cc2)cc1. The quantitative estimate of drug-likeness (QED) is 0.215. The third kappa shape index (κ3) is 6.39. The molecule has 2 aromatic rings. The highest BCUT2D eigenvalue weighted by molar-refractivity contribution is 5.95. The van der Waals surface area contributed by atoms with Crippen LogP contribution in [0.25, 0.3) is 6.08 Å². The number of esters is 1. The Bertz CT molecular complexity index is 856. The Hall–Kier alpha value is -3.41. The van der Waals surface area contributed by atoms with Crippen LogP contribution in [-0.4, -0.2) is 23.8 Å². The minimum Gasteiger partial charge on any atom is -0.423 e. The number of rotatable bonds is 8. The zero-order valence-corrected chi connectivity index (χ0v) is 16.1. The molecule has 0 radical (unpaired) electrons. The first-order valence-electron chi connectivity index (χ1n) is 9.14. The summed E-state index contributed by atoms with van der Waals surface area (Å²) in [5.41, 5.74) is 7.30. The summed E-state index contributed by atoms with van der Waals surface area (Å²) in [7, 11) is 0. The van der Waals surface area contributed by atoms with Crippen molar-refractivity contribution in [3.05, 3.63) is 71.3 Å². The van der Waals surface area contributed by atoms with E-state index in [0.29, 0.717) is 16.9 Å². The molecule has 4 N–H and O–H groups in total. The molecule has 0 aliphatic rings. The van der Waals surface area contributed by atoms with Gasteiger partial charge in [-0.25, -0.2) is 4.79 Å². The van der Waals surface area contributed by atoms with Crippen LogP contribution in [0.2, 0.25) is 0 Å². The number of nitrogen functional groups attached to an aromatic ring is 1. The maximum Gasteiger partial charge on any atom is 0.336 e. The molecular formula is C22H25N3O3. The first-order chi connectivity index (χ1) is 13.4. The number of hydrogen-bond donors (Lipinski definition) is 3. The van der Waals surface area contributed by atoms with Crippen molar-refractivity contribution in [2.45, 2.75) is 32.7 Å². The Balaban J connectivity index is 1.91. The van der Waals surface area contributed by atoms with Crippen LogP contribution < -0.4 is 15.8 Å². The summed E-state index contributed by atoms with van der Waals surface area (Å²) in [5.74, 6) is -0.307. The molecule has 0 saturated carbocycles. The molecule has 1 unspecified atom stereocenters. The standard InChI is InChI=1S/C22H25N3O3/c1-3-4-15(2)25-22(27)18-8-5-16(6-9-18)7-14-20(26)28-19-12-10-17(11-13-19)21(23)24/h5-15H,3-4H2,1-2H3,(H3,23,24)(H,25,27)/b14-7+. The Morgan fingerprint density at radius 1 is 1.11 bits per heavy atom. The van der Waals surface area contributed by atoms with E-state index < -0.39 is 5.97 Å². The maximum atomic E-state index is 12.2. The molecule has 0 spiro atoms. The van der Waals surface area contributed by atoms with Gasteiger partial charge in [-0.3, -0.25) is 10.2 Å². The van der Waals surface area contributed by atoms with Gasteiger partial charge < -0.3 is 15.8 Å². The van der Waals surface area contributed by atoms with Gasteiger partial charge in [-0.15, -0.1) is 0 Å². The first-order valence-corrected chi connectivity index (χ1v) is 9.14. The second-order valence-corrected chi connectivity index (χ2v) is 6.48. The molecule has 1 atom stereocenters. The zero-order chi connectivity index (χ0) is 20.5. The molecule has 0 fully saturated rings. The highest BCUT2D eigenvalue weighted by Crippen LogP contribution is 2.13. The maximum absolute atomic E-state index is 12.2. The number of nitrogens with one attached hydrogen (secondary N) is 2. The zero-order valence-electron chi connectivity index (χ0n) is 16.1. The highest BCUT2D eigenvalue weighted by atomic mass is 16.5. The van der Waals surface area contributed by atoms with E-state index in [1.54, 1.807) is 54.6 Å². The molecule has 2 aromatic carbocycles. The molecule has 0 heterocycles. The number of ether oxygens (including phenoxy) is 1. The molecule has 146 valence electrons. The van der Waals surface area contributed by atoms with E-state index in [1.807, 2.05) is 6.92 Å². The molecule has 0 bridgehead atoms. The van der Waals surface area contributed by atoms with Crippen LogP contribution in [0.3, 0.4) is 0 Å². The van der Waals surface area contributed by atoms with Crippen LogP contribution in [0.15, 0.2) is 54.6 Å². The number of benzene rings is 2. The number of carbonyl (C=O) groups is 2. The van der Waals surface area contributed by atoms with Gasteiger partial charge in [0.25, 0.3) is 5.91 Å². The third-order valence-electron chi connectivity index (χ3n) is 4.07. The van der Waals surface area contributed by atoms with E-state index in [0.717, 1.165) is 18.4 Å². The summed E-state index contributed by atoms with van der Waals surface area (Å²) in [4.78, 5) is 24.1. The van der Waals surface area contributed by atoms with Crippen LogP contribution in [0, 0.1) is 5.41 Å². The smallest absolute Gasteiger partial charge is 0.336 e. The van der Waals surface area contributed by atoms with Gasteiger partial charge in [-0.1, -0.05) is 25.5 Å². The topological polar surface area (TPSA) is 105 Å². The highest BCUT2D eigenvalue weighted by Gasteiger charge is 2.08. The number of amides is 1. The predicted octanol–water partition coefficient (Wildman–Crippen LogP) is 3.51. The van der Waals surface area contributed by atoms with Crippen molar-refractivity contribution in [2.24, 2.45) is 5.73 Å². The summed E-state index contributed by atoms with van der Waals surface area (Å²) in [5, 5.41) is 10.3. The molecule has 6 nitrogen and oxygen atoms in total. The molecule has 6 heteroatoms. The largest absolute Gasteiger partial charge is 0.423 e. The molecule has 28 heavy (non-hydrogen) atoms. The van der Waals surface area contributed by atoms with Crippen molar-refractivity contribution in [1.82, 2.24) is 5.32 Å². The van der Waals surface area contributed by atoms with Crippen molar-refractivity contribution in [2.75, 3.05) is 0 Å². The van der Waals surface area contributed by atoms with E-state index in [4.69, 9.17) is 15.9 Å². The average molecular weight is 379 g/mol. The predicted molar refractivity (Wildman–Crippen MR) is 110 cm³/mol. The van der Waals surface area contributed by atoms with Gasteiger partial charge in [-0.05, 0) is 61.4 Å². The van der Waals surface area contributed by atoms with Gasteiger partial charge in [0.1, 0.15) is 11.6 Å². The molecule has 0 aliphatic carbocycles. The molecular weight excluding hydrogens is 354 g/mol. The summed E-state index contributed by atoms with van der Waals surface area (Å²) in [6, 6.07) is 13.5. The lowest BCUT2D eigenvalue weighted by Crippen LogP contribution is -2.32. The van der Waals surface area contributed by atoms with Crippen molar-refractivity contribution in [3.8, 4) is 5.75 Å². The Morgan fingerprint density at radius 3 is 2.29 bits per heavy atom. The van der Waals surface area contributed by atoms with Crippen molar-refractivity contribution in [3.63, 3.8) is 0 Å². The number of hydrogen-bond acceptors (Lipinski definition) is 4. The van der Waals surface area contributed by atoms with Crippen LogP contribution in [-0.2, 0) is 4.79 Å². The second kappa shape index (κ2) is 10.1. The minimum atomic E-state index is -0.522. The van der Waals surface area contributed by atoms with Crippen LogP contribution in [0.1, 0.15) is 48.2 Å². The van der Waals surface area contributed by atoms with E-state index in [2.05, 4.69) is 12.2 Å². The fourth-order valence-electron chi connectivity index (χ4n) is 2.57. The Kier molecular flexibility index (Phi) is 7.51. The Morgan fingerprint density at radius 2 is 1.71 bits per heavy atom. The fourth-order valence-corrected chi connectivity index (χ4v) is 2.57. The van der Waals surface area contributed by atoms with Crippen molar-refractivity contribution in [1.29, 1.82) is 5.41 Å². The summed E-state index contributed by atoms with van der Waals surface area (Å²) in [6.45, 7) is 4.06.